The van der Waals surface area contributed by atoms with Gasteiger partial charge in [0.1, 0.15) is 5.75 Å². The fourth-order valence-corrected chi connectivity index (χ4v) is 8.13. The molecule has 0 radical (unpaired) electrons. The summed E-state index contributed by atoms with van der Waals surface area (Å²) in [5.74, 6) is -9.98. The van der Waals surface area contributed by atoms with Crippen LogP contribution in [0.4, 0.5) is 5.69 Å². The monoisotopic (exact) mass is 568 g/mol. The largest absolute Gasteiger partial charge is 0.505 e. The van der Waals surface area contributed by atoms with Gasteiger partial charge in [0, 0.05) is 11.3 Å². The van der Waals surface area contributed by atoms with E-state index in [1.807, 2.05) is 0 Å². The summed E-state index contributed by atoms with van der Waals surface area (Å²) in [5, 5.41) is 29.0. The lowest BCUT2D eigenvalue weighted by Gasteiger charge is -2.61. The molecule has 2 saturated carbocycles. The molecule has 1 aromatic rings. The molecule has 0 bridgehead atoms. The maximum Gasteiger partial charge on any atom is 0.235 e. The van der Waals surface area contributed by atoms with Crippen molar-refractivity contribution in [2.24, 2.45) is 34.3 Å². The highest BCUT2D eigenvalue weighted by Crippen LogP contribution is 2.61. The van der Waals surface area contributed by atoms with Crippen LogP contribution in [0.15, 0.2) is 12.1 Å². The zero-order valence-corrected chi connectivity index (χ0v) is 23.6. The van der Waals surface area contributed by atoms with Crippen molar-refractivity contribution in [3.05, 3.63) is 23.3 Å². The summed E-state index contributed by atoms with van der Waals surface area (Å²) in [6, 6.07) is 1.91. The fourth-order valence-electron chi connectivity index (χ4n) is 8.13. The van der Waals surface area contributed by atoms with Gasteiger partial charge in [0.15, 0.2) is 34.7 Å². The first-order chi connectivity index (χ1) is 19.1. The molecule has 41 heavy (non-hydrogen) atoms. The number of phenols is 1. The molecule has 1 heterocycles. The first-order valence-corrected chi connectivity index (χ1v) is 13.8. The number of hydrogen-bond acceptors (Lipinski definition) is 10. The predicted octanol–water partition coefficient (Wildman–Crippen LogP) is -0.415. The highest BCUT2D eigenvalue weighted by molar-refractivity contribution is 6.33. The zero-order valence-electron chi connectivity index (χ0n) is 23.6. The third-order valence-corrected chi connectivity index (χ3v) is 9.83. The van der Waals surface area contributed by atoms with Crippen molar-refractivity contribution in [3.8, 4) is 5.75 Å². The number of nitrogens with two attached hydrogens (primary N) is 1. The Bertz CT molecular complexity index is 1400. The van der Waals surface area contributed by atoms with E-state index in [9.17, 15) is 39.0 Å². The first-order valence-electron chi connectivity index (χ1n) is 13.8. The standard InChI is InChI=1S/C29H36N4O8/c1-27-11-14-5-6-15(32-26(40)13-7-9-31-10-8-13)19(34)16(14)20(35)18(27)24(38)29(41)23(37)17(25(30)39)21(36)22(33(3)4)28(29,2)12-27/h5-6,13,17-18,22,31,34,41H,7-12H2,1-4H3,(H2,30,39)(H,32,40)/t17?,18?,22-,27+,28+,29-/m1/s1. The third kappa shape index (κ3) is 3.91. The lowest BCUT2D eigenvalue weighted by molar-refractivity contribution is -0.203. The minimum Gasteiger partial charge on any atom is -0.505 e. The van der Waals surface area contributed by atoms with Gasteiger partial charge in [-0.2, -0.15) is 0 Å². The highest BCUT2D eigenvalue weighted by atomic mass is 16.3. The third-order valence-electron chi connectivity index (χ3n) is 9.83. The number of anilines is 1. The minimum atomic E-state index is -2.86. The molecule has 2 unspecified atom stereocenters. The second-order valence-corrected chi connectivity index (χ2v) is 12.8. The number of carbonyl (C=O) groups excluding carboxylic acids is 6. The summed E-state index contributed by atoms with van der Waals surface area (Å²) < 4.78 is 0. The summed E-state index contributed by atoms with van der Waals surface area (Å²) in [7, 11) is 3.08. The maximum absolute atomic E-state index is 14.2. The molecule has 12 nitrogen and oxygen atoms in total. The number of phenolic OH excluding ortho intramolecular Hbond substituents is 1. The minimum absolute atomic E-state index is 0.0249. The van der Waals surface area contributed by atoms with E-state index < -0.39 is 69.1 Å². The number of hydrogen-bond donors (Lipinski definition) is 5. The van der Waals surface area contributed by atoms with E-state index in [1.54, 1.807) is 27.1 Å². The molecular formula is C29H36N4O8. The van der Waals surface area contributed by atoms with Crippen molar-refractivity contribution in [1.29, 1.82) is 0 Å². The molecule has 12 heteroatoms. The molecule has 4 aliphatic rings. The van der Waals surface area contributed by atoms with Gasteiger partial charge < -0.3 is 26.6 Å². The van der Waals surface area contributed by atoms with E-state index in [-0.39, 0.29) is 35.9 Å². The smallest absolute Gasteiger partial charge is 0.235 e. The van der Waals surface area contributed by atoms with Gasteiger partial charge in [-0.3, -0.25) is 33.7 Å². The number of primary amides is 1. The SMILES string of the molecule is CN(C)[C@@H]1C(=O)C(C(N)=O)C(=O)[C@@]2(O)C(=O)C3C(=O)c4c(ccc(NC(=O)C5CCNCC5)c4O)C[C@@]3(C)C[C@@]12C. The Balaban J connectivity index is 1.59. The van der Waals surface area contributed by atoms with Gasteiger partial charge in [0.05, 0.1) is 23.2 Å². The van der Waals surface area contributed by atoms with Gasteiger partial charge in [0.25, 0.3) is 0 Å². The molecule has 6 atom stereocenters. The van der Waals surface area contributed by atoms with E-state index in [1.165, 1.54) is 17.9 Å². The van der Waals surface area contributed by atoms with Crippen LogP contribution in [0.3, 0.4) is 0 Å². The molecular weight excluding hydrogens is 532 g/mol. The second-order valence-electron chi connectivity index (χ2n) is 12.8. The molecule has 220 valence electrons. The van der Waals surface area contributed by atoms with Crippen molar-refractivity contribution < 1.29 is 39.0 Å². The normalized spacial score (nSPS) is 35.5. The van der Waals surface area contributed by atoms with Crippen LogP contribution >= 0.6 is 0 Å². The van der Waals surface area contributed by atoms with Gasteiger partial charge >= 0.3 is 0 Å². The number of Topliss-reactive ketones (excluding diaryl/α,β-unsaturated/α-hetero) is 4. The van der Waals surface area contributed by atoms with Gasteiger partial charge in [-0.25, -0.2) is 0 Å². The van der Waals surface area contributed by atoms with Crippen LogP contribution in [0.2, 0.25) is 0 Å². The molecule has 0 spiro atoms. The first kappa shape index (κ1) is 29.0. The molecule has 1 saturated heterocycles. The number of rotatable bonds is 4. The average molecular weight is 569 g/mol. The van der Waals surface area contributed by atoms with Crippen LogP contribution in [0.25, 0.3) is 0 Å². The molecule has 1 aliphatic heterocycles. The Morgan fingerprint density at radius 3 is 2.29 bits per heavy atom. The van der Waals surface area contributed by atoms with Crippen LogP contribution < -0.4 is 16.4 Å². The predicted molar refractivity (Wildman–Crippen MR) is 145 cm³/mol. The Kier molecular flexibility index (Phi) is 6.75. The van der Waals surface area contributed by atoms with E-state index in [0.29, 0.717) is 31.5 Å². The Labute approximate surface area is 237 Å². The summed E-state index contributed by atoms with van der Waals surface area (Å²) in [6.07, 6.45) is 1.28. The van der Waals surface area contributed by atoms with Crippen LogP contribution in [0, 0.1) is 28.6 Å². The molecule has 6 N–H and O–H groups in total. The van der Waals surface area contributed by atoms with Gasteiger partial charge in [-0.05, 0) is 69.9 Å². The van der Waals surface area contributed by atoms with Crippen LogP contribution in [0.1, 0.15) is 49.0 Å². The number of benzene rings is 1. The number of amides is 2. The van der Waals surface area contributed by atoms with E-state index in [2.05, 4.69) is 10.6 Å². The average Bonchev–Trinajstić information content (AvgIpc) is 2.87. The van der Waals surface area contributed by atoms with Crippen molar-refractivity contribution >= 4 is 40.6 Å². The molecule has 0 aromatic heterocycles. The summed E-state index contributed by atoms with van der Waals surface area (Å²) in [5.41, 5.74) is 0.0319. The number of aromatic hydroxyl groups is 1. The van der Waals surface area contributed by atoms with E-state index in [4.69, 9.17) is 5.73 Å². The van der Waals surface area contributed by atoms with Gasteiger partial charge in [-0.1, -0.05) is 19.9 Å². The second kappa shape index (κ2) is 9.53. The Morgan fingerprint density at radius 1 is 1.07 bits per heavy atom. The molecule has 2 amide bonds. The number of aliphatic hydroxyl groups is 1. The number of likely N-dealkylation sites (N-methyl/N-ethyl adjacent to an activating group) is 1. The topological polar surface area (TPSA) is 196 Å². The molecule has 1 aromatic carbocycles. The number of piperidine rings is 1. The van der Waals surface area contributed by atoms with Crippen LogP contribution in [-0.4, -0.2) is 88.9 Å². The fraction of sp³-hybridized carbons (Fsp3) is 0.586. The van der Waals surface area contributed by atoms with Crippen molar-refractivity contribution in [3.63, 3.8) is 0 Å². The van der Waals surface area contributed by atoms with Crippen molar-refractivity contribution in [2.75, 3.05) is 32.5 Å². The van der Waals surface area contributed by atoms with Crippen molar-refractivity contribution in [2.45, 2.75) is 51.2 Å². The lowest BCUT2D eigenvalue weighted by Crippen LogP contribution is -2.79. The molecule has 3 fully saturated rings. The summed E-state index contributed by atoms with van der Waals surface area (Å²) >= 11 is 0. The number of fused-ring (bicyclic) bond motifs is 3. The highest BCUT2D eigenvalue weighted by Gasteiger charge is 2.76. The molecule has 3 aliphatic carbocycles. The number of carbonyl (C=O) groups is 6. The number of nitrogens with zero attached hydrogens (tertiary/aromatic N) is 1. The number of nitrogens with one attached hydrogen (secondary N) is 2. The zero-order chi connectivity index (χ0) is 30.2. The Hall–Kier alpha value is -3.48. The summed E-state index contributed by atoms with van der Waals surface area (Å²) in [6.45, 7) is 4.52. The summed E-state index contributed by atoms with van der Waals surface area (Å²) in [4.78, 5) is 81.9. The maximum atomic E-state index is 14.2. The quantitative estimate of drug-likeness (QED) is 0.235. The Morgan fingerprint density at radius 2 is 1.71 bits per heavy atom. The van der Waals surface area contributed by atoms with E-state index in [0.717, 1.165) is 0 Å². The van der Waals surface area contributed by atoms with E-state index >= 15 is 0 Å². The lowest BCUT2D eigenvalue weighted by atomic mass is 9.42. The molecule has 5 rings (SSSR count). The number of ketones is 4. The van der Waals surface area contributed by atoms with Gasteiger partial charge in [-0.15, -0.1) is 0 Å². The van der Waals surface area contributed by atoms with Crippen LogP contribution in [0.5, 0.6) is 5.75 Å². The van der Waals surface area contributed by atoms with Gasteiger partial charge in [0.2, 0.25) is 11.8 Å². The van der Waals surface area contributed by atoms with Crippen molar-refractivity contribution in [1.82, 2.24) is 10.2 Å². The van der Waals surface area contributed by atoms with Crippen LogP contribution in [-0.2, 0) is 30.4 Å².